The van der Waals surface area contributed by atoms with E-state index in [9.17, 15) is 4.39 Å². The van der Waals surface area contributed by atoms with Crippen LogP contribution < -0.4 is 5.32 Å². The van der Waals surface area contributed by atoms with Gasteiger partial charge in [-0.15, -0.1) is 11.3 Å². The molecule has 2 aromatic carbocycles. The van der Waals surface area contributed by atoms with Crippen LogP contribution in [-0.4, -0.2) is 31.1 Å². The highest BCUT2D eigenvalue weighted by molar-refractivity contribution is 7.17. The molecule has 1 unspecified atom stereocenters. The fraction of sp³-hybridized carbons (Fsp3) is 0.263. The third kappa shape index (κ3) is 2.90. The smallest absolute Gasteiger partial charge is 0.123 e. The monoisotopic (exact) mass is 326 g/mol. The van der Waals surface area contributed by atoms with Gasteiger partial charge in [-0.3, -0.25) is 4.90 Å². The lowest BCUT2D eigenvalue weighted by Crippen LogP contribution is -2.45. The lowest BCUT2D eigenvalue weighted by atomic mass is 9.96. The summed E-state index contributed by atoms with van der Waals surface area (Å²) < 4.78 is 14.7. The predicted molar refractivity (Wildman–Crippen MR) is 94.5 cm³/mol. The second kappa shape index (κ2) is 6.40. The Morgan fingerprint density at radius 2 is 1.74 bits per heavy atom. The molecule has 1 saturated heterocycles. The standard InChI is InChI=1S/C19H19FN2S/c20-15-7-5-14(6-8-15)19(22-11-9-21-10-12-22)17-13-23-18-4-2-1-3-16(17)18/h1-8,13,19,21H,9-12H2. The zero-order valence-electron chi connectivity index (χ0n) is 12.8. The number of hydrogen-bond acceptors (Lipinski definition) is 3. The van der Waals surface area contributed by atoms with Crippen molar-refractivity contribution < 1.29 is 4.39 Å². The summed E-state index contributed by atoms with van der Waals surface area (Å²) in [6.07, 6.45) is 0. The molecule has 23 heavy (non-hydrogen) atoms. The molecule has 3 aromatic rings. The summed E-state index contributed by atoms with van der Waals surface area (Å²) in [6.45, 7) is 4.01. The first-order valence-electron chi connectivity index (χ1n) is 7.99. The highest BCUT2D eigenvalue weighted by atomic mass is 32.1. The van der Waals surface area contributed by atoms with E-state index in [0.29, 0.717) is 0 Å². The lowest BCUT2D eigenvalue weighted by molar-refractivity contribution is 0.199. The summed E-state index contributed by atoms with van der Waals surface area (Å²) in [5.74, 6) is -0.178. The van der Waals surface area contributed by atoms with Crippen molar-refractivity contribution in [3.05, 3.63) is 70.9 Å². The van der Waals surface area contributed by atoms with Crippen LogP contribution in [0.5, 0.6) is 0 Å². The Morgan fingerprint density at radius 3 is 2.52 bits per heavy atom. The van der Waals surface area contributed by atoms with Gasteiger partial charge < -0.3 is 5.32 Å². The SMILES string of the molecule is Fc1ccc(C(c2csc3ccccc23)N2CCNCC2)cc1. The van der Waals surface area contributed by atoms with Gasteiger partial charge in [0.25, 0.3) is 0 Å². The van der Waals surface area contributed by atoms with Crippen molar-refractivity contribution in [2.45, 2.75) is 6.04 Å². The Balaban J connectivity index is 1.82. The van der Waals surface area contributed by atoms with Crippen LogP contribution in [0.3, 0.4) is 0 Å². The third-order valence-electron chi connectivity index (χ3n) is 4.51. The average molecular weight is 326 g/mol. The number of thiophene rings is 1. The van der Waals surface area contributed by atoms with Gasteiger partial charge in [-0.2, -0.15) is 0 Å². The van der Waals surface area contributed by atoms with Crippen LogP contribution in [0.25, 0.3) is 10.1 Å². The Labute approximate surface area is 139 Å². The van der Waals surface area contributed by atoms with E-state index >= 15 is 0 Å². The van der Waals surface area contributed by atoms with Crippen LogP contribution in [0.15, 0.2) is 53.9 Å². The van der Waals surface area contributed by atoms with Crippen LogP contribution in [0.2, 0.25) is 0 Å². The van der Waals surface area contributed by atoms with Crippen molar-refractivity contribution in [1.82, 2.24) is 10.2 Å². The number of benzene rings is 2. The molecule has 1 N–H and O–H groups in total. The van der Waals surface area contributed by atoms with E-state index in [1.165, 1.54) is 15.6 Å². The second-order valence-electron chi connectivity index (χ2n) is 5.93. The molecule has 2 heterocycles. The van der Waals surface area contributed by atoms with Crippen LogP contribution >= 0.6 is 11.3 Å². The Morgan fingerprint density at radius 1 is 1.00 bits per heavy atom. The number of piperazine rings is 1. The second-order valence-corrected chi connectivity index (χ2v) is 6.84. The number of nitrogens with zero attached hydrogens (tertiary/aromatic N) is 1. The van der Waals surface area contributed by atoms with E-state index in [1.54, 1.807) is 23.5 Å². The molecule has 0 saturated carbocycles. The van der Waals surface area contributed by atoms with Crippen molar-refractivity contribution in [2.75, 3.05) is 26.2 Å². The van der Waals surface area contributed by atoms with Gasteiger partial charge >= 0.3 is 0 Å². The highest BCUT2D eigenvalue weighted by Crippen LogP contribution is 2.37. The van der Waals surface area contributed by atoms with Crippen LogP contribution in [0.1, 0.15) is 17.2 Å². The Bertz CT molecular complexity index is 790. The van der Waals surface area contributed by atoms with E-state index < -0.39 is 0 Å². The number of hydrogen-bond donors (Lipinski definition) is 1. The van der Waals surface area contributed by atoms with Crippen molar-refractivity contribution in [3.63, 3.8) is 0 Å². The summed E-state index contributed by atoms with van der Waals surface area (Å²) in [7, 11) is 0. The normalized spacial score (nSPS) is 17.4. The summed E-state index contributed by atoms with van der Waals surface area (Å²) in [5.41, 5.74) is 2.50. The van der Waals surface area contributed by atoms with Gasteiger partial charge in [0, 0.05) is 30.9 Å². The number of fused-ring (bicyclic) bond motifs is 1. The Hall–Kier alpha value is -1.75. The van der Waals surface area contributed by atoms with Crippen molar-refractivity contribution >= 4 is 21.4 Å². The maximum atomic E-state index is 13.4. The van der Waals surface area contributed by atoms with Gasteiger partial charge in [0.05, 0.1) is 6.04 Å². The first-order chi connectivity index (χ1) is 11.3. The number of rotatable bonds is 3. The van der Waals surface area contributed by atoms with E-state index in [-0.39, 0.29) is 11.9 Å². The van der Waals surface area contributed by atoms with Crippen molar-refractivity contribution in [3.8, 4) is 0 Å². The van der Waals surface area contributed by atoms with Gasteiger partial charge in [-0.25, -0.2) is 4.39 Å². The molecule has 118 valence electrons. The molecule has 1 aliphatic rings. The largest absolute Gasteiger partial charge is 0.314 e. The van der Waals surface area contributed by atoms with Gasteiger partial charge in [0.2, 0.25) is 0 Å². The predicted octanol–water partition coefficient (Wildman–Crippen LogP) is 4.04. The summed E-state index contributed by atoms with van der Waals surface area (Å²) in [5, 5.41) is 6.99. The highest BCUT2D eigenvalue weighted by Gasteiger charge is 2.26. The zero-order chi connectivity index (χ0) is 15.6. The quantitative estimate of drug-likeness (QED) is 0.781. The molecule has 0 bridgehead atoms. The molecule has 0 aliphatic carbocycles. The molecule has 4 rings (SSSR count). The van der Waals surface area contributed by atoms with Crippen LogP contribution in [0.4, 0.5) is 4.39 Å². The first-order valence-corrected chi connectivity index (χ1v) is 8.87. The Kier molecular flexibility index (Phi) is 4.12. The summed E-state index contributed by atoms with van der Waals surface area (Å²) >= 11 is 1.79. The van der Waals surface area contributed by atoms with Gasteiger partial charge in [-0.05, 0) is 40.1 Å². The molecular formula is C19H19FN2S. The minimum Gasteiger partial charge on any atom is -0.314 e. The van der Waals surface area contributed by atoms with Crippen LogP contribution in [-0.2, 0) is 0 Å². The molecule has 0 radical (unpaired) electrons. The average Bonchev–Trinajstić information content (AvgIpc) is 3.02. The van der Waals surface area contributed by atoms with E-state index in [4.69, 9.17) is 0 Å². The molecule has 1 aromatic heterocycles. The fourth-order valence-corrected chi connectivity index (χ4v) is 4.36. The number of halogens is 1. The van der Waals surface area contributed by atoms with E-state index in [0.717, 1.165) is 31.7 Å². The van der Waals surface area contributed by atoms with Gasteiger partial charge in [-0.1, -0.05) is 30.3 Å². The van der Waals surface area contributed by atoms with Crippen molar-refractivity contribution in [2.24, 2.45) is 0 Å². The molecule has 4 heteroatoms. The van der Waals surface area contributed by atoms with E-state index in [1.807, 2.05) is 12.1 Å². The molecule has 1 aliphatic heterocycles. The topological polar surface area (TPSA) is 15.3 Å². The fourth-order valence-electron chi connectivity index (χ4n) is 3.38. The molecular weight excluding hydrogens is 307 g/mol. The van der Waals surface area contributed by atoms with E-state index in [2.05, 4.69) is 39.9 Å². The summed E-state index contributed by atoms with van der Waals surface area (Å²) in [4.78, 5) is 2.50. The maximum Gasteiger partial charge on any atom is 0.123 e. The van der Waals surface area contributed by atoms with Crippen LogP contribution in [0, 0.1) is 5.82 Å². The molecule has 0 amide bonds. The maximum absolute atomic E-state index is 13.4. The third-order valence-corrected chi connectivity index (χ3v) is 5.49. The minimum atomic E-state index is -0.178. The molecule has 0 spiro atoms. The van der Waals surface area contributed by atoms with Gasteiger partial charge in [0.15, 0.2) is 0 Å². The molecule has 1 fully saturated rings. The first kappa shape index (κ1) is 14.8. The lowest BCUT2D eigenvalue weighted by Gasteiger charge is -2.35. The zero-order valence-corrected chi connectivity index (χ0v) is 13.7. The van der Waals surface area contributed by atoms with Crippen molar-refractivity contribution in [1.29, 1.82) is 0 Å². The molecule has 2 nitrogen and oxygen atoms in total. The number of nitrogens with one attached hydrogen (secondary N) is 1. The van der Waals surface area contributed by atoms with Gasteiger partial charge in [0.1, 0.15) is 5.82 Å². The molecule has 1 atom stereocenters. The minimum absolute atomic E-state index is 0.178. The summed E-state index contributed by atoms with van der Waals surface area (Å²) in [6, 6.07) is 15.7.